The van der Waals surface area contributed by atoms with E-state index in [1.165, 1.54) is 38.5 Å². The van der Waals surface area contributed by atoms with Crippen molar-refractivity contribution in [2.75, 3.05) is 18.1 Å². The monoisotopic (exact) mass is 450 g/mol. The summed E-state index contributed by atoms with van der Waals surface area (Å²) >= 11 is 0. The number of carbonyl (C=O) groups is 1. The molecule has 0 saturated heterocycles. The molecule has 0 aromatic heterocycles. The summed E-state index contributed by atoms with van der Waals surface area (Å²) in [6, 6.07) is 9.91. The first kappa shape index (κ1) is 26.3. The SMILES string of the molecule is CCCCCCCCOC(=O)C(C#N)=C1C=CN(c2ccc(OCCCCCC)cc2)C=C1. The maximum absolute atomic E-state index is 12.3. The van der Waals surface area contributed by atoms with Crippen LogP contribution in [0.15, 0.2) is 60.0 Å². The number of allylic oxidation sites excluding steroid dienone is 3. The zero-order chi connectivity index (χ0) is 23.7. The van der Waals surface area contributed by atoms with Crippen LogP contribution in [-0.4, -0.2) is 19.2 Å². The highest BCUT2D eigenvalue weighted by molar-refractivity contribution is 5.95. The third-order valence-corrected chi connectivity index (χ3v) is 5.57. The number of nitriles is 1. The van der Waals surface area contributed by atoms with E-state index in [0.717, 1.165) is 43.7 Å². The molecular weight excluding hydrogens is 412 g/mol. The van der Waals surface area contributed by atoms with Gasteiger partial charge in [0.1, 0.15) is 17.4 Å². The summed E-state index contributed by atoms with van der Waals surface area (Å²) in [7, 11) is 0. The van der Waals surface area contributed by atoms with Crippen LogP contribution < -0.4 is 9.64 Å². The molecule has 1 aromatic carbocycles. The molecule has 0 spiro atoms. The van der Waals surface area contributed by atoms with Crippen molar-refractivity contribution in [3.8, 4) is 11.8 Å². The van der Waals surface area contributed by atoms with Crippen LogP contribution in [0.5, 0.6) is 5.75 Å². The van der Waals surface area contributed by atoms with Crippen LogP contribution in [0, 0.1) is 11.3 Å². The highest BCUT2D eigenvalue weighted by Gasteiger charge is 2.16. The molecule has 1 aliphatic rings. The lowest BCUT2D eigenvalue weighted by atomic mass is 10.1. The Hall–Kier alpha value is -3.00. The molecule has 5 nitrogen and oxygen atoms in total. The van der Waals surface area contributed by atoms with E-state index in [1.54, 1.807) is 12.2 Å². The molecule has 0 aliphatic carbocycles. The van der Waals surface area contributed by atoms with Crippen molar-refractivity contribution < 1.29 is 14.3 Å². The molecule has 0 N–H and O–H groups in total. The fraction of sp³-hybridized carbons (Fsp3) is 0.500. The summed E-state index contributed by atoms with van der Waals surface area (Å²) in [5.41, 5.74) is 1.58. The molecule has 1 heterocycles. The standard InChI is InChI=1S/C28H38N2O3/c1-3-5-7-9-10-12-22-33-28(31)27(23-29)24-17-19-30(20-18-24)25-13-15-26(16-14-25)32-21-11-8-6-4-2/h13-20H,3-12,21-22H2,1-2H3. The van der Waals surface area contributed by atoms with Crippen molar-refractivity contribution >= 4 is 11.7 Å². The Bertz CT molecular complexity index is 831. The Morgan fingerprint density at radius 2 is 1.42 bits per heavy atom. The lowest BCUT2D eigenvalue weighted by molar-refractivity contribution is -0.138. The van der Waals surface area contributed by atoms with Gasteiger partial charge in [0.05, 0.1) is 13.2 Å². The van der Waals surface area contributed by atoms with Crippen LogP contribution in [-0.2, 0) is 9.53 Å². The van der Waals surface area contributed by atoms with E-state index in [4.69, 9.17) is 9.47 Å². The van der Waals surface area contributed by atoms with E-state index in [9.17, 15) is 10.1 Å². The van der Waals surface area contributed by atoms with Crippen LogP contribution in [0.25, 0.3) is 0 Å². The summed E-state index contributed by atoms with van der Waals surface area (Å²) in [6.07, 6.45) is 18.7. The largest absolute Gasteiger partial charge is 0.494 e. The minimum Gasteiger partial charge on any atom is -0.494 e. The van der Waals surface area contributed by atoms with Crippen LogP contribution in [0.2, 0.25) is 0 Å². The summed E-state index contributed by atoms with van der Waals surface area (Å²) < 4.78 is 11.1. The number of unbranched alkanes of at least 4 members (excludes halogenated alkanes) is 8. The third kappa shape index (κ3) is 9.57. The minimum atomic E-state index is -0.552. The van der Waals surface area contributed by atoms with Gasteiger partial charge in [0.15, 0.2) is 0 Å². The van der Waals surface area contributed by atoms with E-state index in [0.29, 0.717) is 12.2 Å². The predicted molar refractivity (Wildman–Crippen MR) is 134 cm³/mol. The first-order valence-corrected chi connectivity index (χ1v) is 12.4. The molecule has 0 atom stereocenters. The topological polar surface area (TPSA) is 62.6 Å². The quantitative estimate of drug-likeness (QED) is 0.122. The lowest BCUT2D eigenvalue weighted by Gasteiger charge is -2.19. The average molecular weight is 451 g/mol. The van der Waals surface area contributed by atoms with Crippen molar-refractivity contribution in [1.82, 2.24) is 0 Å². The Kier molecular flexibility index (Phi) is 12.5. The van der Waals surface area contributed by atoms with Crippen molar-refractivity contribution in [3.63, 3.8) is 0 Å². The van der Waals surface area contributed by atoms with Crippen LogP contribution in [0.4, 0.5) is 5.69 Å². The van der Waals surface area contributed by atoms with Gasteiger partial charge in [0, 0.05) is 23.7 Å². The van der Waals surface area contributed by atoms with Gasteiger partial charge in [-0.25, -0.2) is 4.79 Å². The molecule has 0 fully saturated rings. The highest BCUT2D eigenvalue weighted by atomic mass is 16.5. The van der Waals surface area contributed by atoms with Crippen molar-refractivity contribution in [1.29, 1.82) is 5.26 Å². The van der Waals surface area contributed by atoms with Gasteiger partial charge in [-0.15, -0.1) is 0 Å². The number of nitrogens with zero attached hydrogens (tertiary/aromatic N) is 2. The smallest absolute Gasteiger partial charge is 0.349 e. The van der Waals surface area contributed by atoms with Gasteiger partial charge in [0.25, 0.3) is 0 Å². The van der Waals surface area contributed by atoms with Crippen LogP contribution in [0.3, 0.4) is 0 Å². The molecule has 0 amide bonds. The van der Waals surface area contributed by atoms with Crippen LogP contribution in [0.1, 0.15) is 78.1 Å². The number of hydrogen-bond acceptors (Lipinski definition) is 5. The zero-order valence-electron chi connectivity index (χ0n) is 20.2. The normalized spacial score (nSPS) is 12.5. The molecule has 2 rings (SSSR count). The van der Waals surface area contributed by atoms with Gasteiger partial charge in [-0.2, -0.15) is 5.26 Å². The molecule has 0 saturated carbocycles. The highest BCUT2D eigenvalue weighted by Crippen LogP contribution is 2.24. The van der Waals surface area contributed by atoms with Crippen LogP contribution >= 0.6 is 0 Å². The number of esters is 1. The lowest BCUT2D eigenvalue weighted by Crippen LogP contribution is -2.13. The van der Waals surface area contributed by atoms with Gasteiger partial charge < -0.3 is 14.4 Å². The van der Waals surface area contributed by atoms with Crippen molar-refractivity contribution in [3.05, 3.63) is 60.0 Å². The molecular formula is C28H38N2O3. The number of hydrogen-bond donors (Lipinski definition) is 0. The second kappa shape index (κ2) is 15.7. The molecule has 0 radical (unpaired) electrons. The summed E-state index contributed by atoms with van der Waals surface area (Å²) in [4.78, 5) is 14.3. The summed E-state index contributed by atoms with van der Waals surface area (Å²) in [5.74, 6) is 0.310. The third-order valence-electron chi connectivity index (χ3n) is 5.57. The van der Waals surface area contributed by atoms with Gasteiger partial charge in [-0.3, -0.25) is 0 Å². The Morgan fingerprint density at radius 1 is 0.848 bits per heavy atom. The van der Waals surface area contributed by atoms with E-state index >= 15 is 0 Å². The number of ether oxygens (including phenoxy) is 2. The molecule has 33 heavy (non-hydrogen) atoms. The molecule has 0 bridgehead atoms. The van der Waals surface area contributed by atoms with E-state index in [-0.39, 0.29) is 5.57 Å². The second-order valence-electron chi connectivity index (χ2n) is 8.29. The number of benzene rings is 1. The van der Waals surface area contributed by atoms with Gasteiger partial charge >= 0.3 is 5.97 Å². The van der Waals surface area contributed by atoms with Crippen molar-refractivity contribution in [2.45, 2.75) is 78.1 Å². The van der Waals surface area contributed by atoms with Gasteiger partial charge in [0.2, 0.25) is 0 Å². The minimum absolute atomic E-state index is 0.0416. The number of anilines is 1. The Balaban J connectivity index is 1.83. The second-order valence-corrected chi connectivity index (χ2v) is 8.29. The van der Waals surface area contributed by atoms with E-state index in [1.807, 2.05) is 47.6 Å². The first-order chi connectivity index (χ1) is 16.2. The zero-order valence-corrected chi connectivity index (χ0v) is 20.2. The molecule has 1 aromatic rings. The Morgan fingerprint density at radius 3 is 2.06 bits per heavy atom. The number of rotatable bonds is 15. The van der Waals surface area contributed by atoms with E-state index in [2.05, 4.69) is 13.8 Å². The van der Waals surface area contributed by atoms with Gasteiger partial charge in [-0.1, -0.05) is 65.2 Å². The molecule has 0 unspecified atom stereocenters. The molecule has 1 aliphatic heterocycles. The molecule has 5 heteroatoms. The maximum atomic E-state index is 12.3. The maximum Gasteiger partial charge on any atom is 0.349 e. The Labute approximate surface area is 199 Å². The number of carbonyl (C=O) groups excluding carboxylic acids is 1. The van der Waals surface area contributed by atoms with Gasteiger partial charge in [-0.05, 0) is 49.3 Å². The predicted octanol–water partition coefficient (Wildman–Crippen LogP) is 7.22. The summed E-state index contributed by atoms with van der Waals surface area (Å²) in [6.45, 7) is 5.48. The fourth-order valence-corrected chi connectivity index (χ4v) is 3.55. The molecule has 178 valence electrons. The van der Waals surface area contributed by atoms with Crippen molar-refractivity contribution in [2.24, 2.45) is 0 Å². The first-order valence-electron chi connectivity index (χ1n) is 12.4. The summed E-state index contributed by atoms with van der Waals surface area (Å²) in [5, 5.41) is 9.48. The van der Waals surface area contributed by atoms with E-state index < -0.39 is 5.97 Å². The fourth-order valence-electron chi connectivity index (χ4n) is 3.55. The average Bonchev–Trinajstić information content (AvgIpc) is 2.85.